The summed E-state index contributed by atoms with van der Waals surface area (Å²) in [5.74, 6) is 3.17. The third kappa shape index (κ3) is 6.68. The third-order valence-electron chi connectivity index (χ3n) is 18.4. The molecule has 6 aliphatic carbocycles. The number of fused-ring (bicyclic) bond motifs is 7. The lowest BCUT2D eigenvalue weighted by molar-refractivity contribution is -0.221. The largest absolute Gasteiger partial charge is 0.481 e. The van der Waals surface area contributed by atoms with Crippen molar-refractivity contribution in [3.63, 3.8) is 0 Å². The number of hydrogen-bond donors (Lipinski definition) is 2. The number of rotatable bonds is 10. The van der Waals surface area contributed by atoms with Crippen LogP contribution in [0, 0.1) is 56.7 Å². The predicted molar refractivity (Wildman–Crippen MR) is 225 cm³/mol. The highest BCUT2D eigenvalue weighted by atomic mass is 32.2. The van der Waals surface area contributed by atoms with E-state index in [0.29, 0.717) is 72.9 Å². The maximum Gasteiger partial charge on any atom is 0.313 e. The Hall–Kier alpha value is -2.56. The minimum absolute atomic E-state index is 0.00203. The second-order valence-electron chi connectivity index (χ2n) is 21.2. The van der Waals surface area contributed by atoms with Gasteiger partial charge in [0.15, 0.2) is 9.84 Å². The van der Waals surface area contributed by atoms with Crippen LogP contribution in [0.3, 0.4) is 0 Å². The quantitative estimate of drug-likeness (QED) is 0.225. The molecule has 1 aliphatic heterocycles. The van der Waals surface area contributed by atoms with Crippen LogP contribution in [0.25, 0.3) is 0 Å². The van der Waals surface area contributed by atoms with Crippen molar-refractivity contribution in [2.45, 2.75) is 124 Å². The molecule has 1 aromatic rings. The molecule has 0 bridgehead atoms. The van der Waals surface area contributed by atoms with Crippen molar-refractivity contribution in [2.24, 2.45) is 56.7 Å². The second-order valence-corrected chi connectivity index (χ2v) is 23.5. The Bertz CT molecular complexity index is 1900. The van der Waals surface area contributed by atoms with Gasteiger partial charge in [-0.05, 0) is 152 Å². The zero-order chi connectivity index (χ0) is 40.6. The van der Waals surface area contributed by atoms with Crippen LogP contribution in [-0.2, 0) is 14.6 Å². The normalized spacial score (nSPS) is 42.3. The minimum Gasteiger partial charge on any atom is -0.481 e. The summed E-state index contributed by atoms with van der Waals surface area (Å²) < 4.78 is 30.0. The molecule has 10 atom stereocenters. The number of hydrogen-bond acceptors (Lipinski definition) is 8. The van der Waals surface area contributed by atoms with E-state index in [9.17, 15) is 18.3 Å². The number of allylic oxidation sites excluding steroid dienone is 5. The van der Waals surface area contributed by atoms with Gasteiger partial charge < -0.3 is 20.1 Å². The van der Waals surface area contributed by atoms with Gasteiger partial charge in [0.05, 0.1) is 11.5 Å². The Kier molecular flexibility index (Phi) is 10.5. The summed E-state index contributed by atoms with van der Waals surface area (Å²) >= 11 is 0. The molecule has 7 aliphatic rings. The van der Waals surface area contributed by atoms with Gasteiger partial charge in [0.2, 0.25) is 5.88 Å². The zero-order valence-corrected chi connectivity index (χ0v) is 36.6. The van der Waals surface area contributed by atoms with Gasteiger partial charge in [0, 0.05) is 44.0 Å². The van der Waals surface area contributed by atoms with E-state index in [1.807, 2.05) is 0 Å². The summed E-state index contributed by atoms with van der Waals surface area (Å²) in [4.78, 5) is 15.0. The smallest absolute Gasteiger partial charge is 0.313 e. The first-order valence-electron chi connectivity index (χ1n) is 22.3. The van der Waals surface area contributed by atoms with Gasteiger partial charge in [0.25, 0.3) is 0 Å². The molecule has 4 unspecified atom stereocenters. The Morgan fingerprint density at radius 1 is 0.965 bits per heavy atom. The van der Waals surface area contributed by atoms with Crippen LogP contribution in [0.1, 0.15) is 119 Å². The summed E-state index contributed by atoms with van der Waals surface area (Å²) in [6, 6.07) is 3.48. The number of aromatic nitrogens is 2. The number of nitrogens with one attached hydrogen (secondary N) is 1. The Labute approximate surface area is 342 Å². The minimum atomic E-state index is -2.87. The molecule has 9 nitrogen and oxygen atoms in total. The van der Waals surface area contributed by atoms with E-state index in [1.54, 1.807) is 18.3 Å². The predicted octanol–water partition coefficient (Wildman–Crippen LogP) is 8.30. The van der Waals surface area contributed by atoms with Crippen LogP contribution >= 0.6 is 0 Å². The van der Waals surface area contributed by atoms with E-state index in [4.69, 9.17) is 4.74 Å². The van der Waals surface area contributed by atoms with Crippen LogP contribution in [0.2, 0.25) is 0 Å². The van der Waals surface area contributed by atoms with Crippen molar-refractivity contribution in [1.82, 2.24) is 20.4 Å². The number of nitrogens with zero attached hydrogens (tertiary/aromatic N) is 3. The van der Waals surface area contributed by atoms with E-state index in [-0.39, 0.29) is 33.8 Å². The standard InChI is InChI=1S/C47H70N4O5S/c1-32(2)34-14-21-47(48-25-26-51-27-29-57(54,55)30-28-51)23-22-44(6)36(40(34)47)10-11-38-43(5)17-15-35(42(3,4)37(43)16-18-45(38,44)7)33-12-19-46(20-13-33,41(52)53)31-56-39-9-8-24-49-50-39/h8-9,12,15,24,34,36-38,40,48H,1,10-11,13-14,16-23,25-31H2,2-7H3,(H,52,53)/t34-,36+,37?,38?,40?,43-,44+,45+,46?,47-/m0/s1. The molecular formula is C47H70N4O5S. The summed E-state index contributed by atoms with van der Waals surface area (Å²) in [7, 11) is -2.87. The summed E-state index contributed by atoms with van der Waals surface area (Å²) in [5.41, 5.74) is 4.04. The monoisotopic (exact) mass is 803 g/mol. The number of ether oxygens (including phenoxy) is 1. The van der Waals surface area contributed by atoms with Gasteiger partial charge in [0.1, 0.15) is 12.0 Å². The number of carboxylic acid groups (broad SMARTS) is 1. The molecule has 2 N–H and O–H groups in total. The molecule has 0 spiro atoms. The van der Waals surface area contributed by atoms with Gasteiger partial charge in [-0.1, -0.05) is 58.9 Å². The van der Waals surface area contributed by atoms with Crippen LogP contribution in [0.15, 0.2) is 53.8 Å². The fourth-order valence-electron chi connectivity index (χ4n) is 15.1. The molecular weight excluding hydrogens is 733 g/mol. The first kappa shape index (κ1) is 41.2. The number of carbonyl (C=O) groups is 1. The lowest BCUT2D eigenvalue weighted by Crippen LogP contribution is -2.68. The topological polar surface area (TPSA) is 122 Å². The zero-order valence-electron chi connectivity index (χ0n) is 35.7. The summed E-state index contributed by atoms with van der Waals surface area (Å²) in [6.07, 6.45) is 19.3. The number of sulfone groups is 1. The van der Waals surface area contributed by atoms with Crippen molar-refractivity contribution >= 4 is 15.8 Å². The highest BCUT2D eigenvalue weighted by Crippen LogP contribution is 2.76. The molecule has 10 heteroatoms. The van der Waals surface area contributed by atoms with E-state index in [0.717, 1.165) is 25.9 Å². The maximum absolute atomic E-state index is 12.7. The Balaban J connectivity index is 1.01. The average molecular weight is 803 g/mol. The number of carboxylic acids is 1. The molecule has 8 rings (SSSR count). The van der Waals surface area contributed by atoms with Gasteiger partial charge >= 0.3 is 5.97 Å². The highest BCUT2D eigenvalue weighted by molar-refractivity contribution is 7.91. The second kappa shape index (κ2) is 14.6. The van der Waals surface area contributed by atoms with Crippen molar-refractivity contribution in [2.75, 3.05) is 44.3 Å². The van der Waals surface area contributed by atoms with Gasteiger partial charge in [-0.2, -0.15) is 5.10 Å². The van der Waals surface area contributed by atoms with Crippen molar-refractivity contribution in [3.05, 3.63) is 53.8 Å². The SMILES string of the molecule is C=C(C)[C@@H]1CC[C@]2(NCCN3CCS(=O)(=O)CC3)CC[C@]3(C)[C@H](CCC4[C@@]5(C)CC=C(C6=CCC(COc7cccnn7)(C(=O)O)CC6)C(C)(C)C5CC[C@]43C)C12. The van der Waals surface area contributed by atoms with Crippen LogP contribution in [0.4, 0.5) is 0 Å². The van der Waals surface area contributed by atoms with Gasteiger partial charge in [-0.3, -0.25) is 4.79 Å². The molecule has 5 fully saturated rings. The lowest BCUT2D eigenvalue weighted by atomic mass is 9.33. The van der Waals surface area contributed by atoms with Crippen molar-refractivity contribution in [1.29, 1.82) is 0 Å². The lowest BCUT2D eigenvalue weighted by Gasteiger charge is -2.72. The first-order chi connectivity index (χ1) is 26.9. The van der Waals surface area contributed by atoms with Crippen molar-refractivity contribution < 1.29 is 23.1 Å². The van der Waals surface area contributed by atoms with Crippen molar-refractivity contribution in [3.8, 4) is 5.88 Å². The van der Waals surface area contributed by atoms with Gasteiger partial charge in [-0.25, -0.2) is 8.42 Å². The molecule has 0 amide bonds. The summed E-state index contributed by atoms with van der Waals surface area (Å²) in [5, 5.41) is 22.5. The van der Waals surface area contributed by atoms with E-state index in [1.165, 1.54) is 68.1 Å². The third-order valence-corrected chi connectivity index (χ3v) is 20.1. The molecule has 2 heterocycles. The average Bonchev–Trinajstić information content (AvgIpc) is 3.55. The highest BCUT2D eigenvalue weighted by Gasteiger charge is 2.70. The molecule has 1 saturated heterocycles. The Morgan fingerprint density at radius 2 is 1.74 bits per heavy atom. The first-order valence-corrected chi connectivity index (χ1v) is 24.1. The maximum atomic E-state index is 12.7. The molecule has 1 aromatic heterocycles. The number of aliphatic carboxylic acids is 1. The van der Waals surface area contributed by atoms with E-state index >= 15 is 0 Å². The molecule has 0 radical (unpaired) electrons. The molecule has 0 aromatic carbocycles. The molecule has 314 valence electrons. The van der Waals surface area contributed by atoms with Gasteiger partial charge in [-0.15, -0.1) is 5.10 Å². The van der Waals surface area contributed by atoms with Crippen LogP contribution in [-0.4, -0.2) is 84.4 Å². The Morgan fingerprint density at radius 3 is 2.40 bits per heavy atom. The van der Waals surface area contributed by atoms with Crippen LogP contribution < -0.4 is 10.1 Å². The fraction of sp³-hybridized carbons (Fsp3) is 0.766. The van der Waals surface area contributed by atoms with E-state index in [2.05, 4.69) is 80.7 Å². The van der Waals surface area contributed by atoms with E-state index < -0.39 is 21.2 Å². The molecule has 4 saturated carbocycles. The fourth-order valence-corrected chi connectivity index (χ4v) is 16.4. The summed E-state index contributed by atoms with van der Waals surface area (Å²) in [6.45, 7) is 23.2. The van der Waals surface area contributed by atoms with Crippen LogP contribution in [0.5, 0.6) is 5.88 Å². The molecule has 57 heavy (non-hydrogen) atoms.